The Morgan fingerprint density at radius 3 is 2.50 bits per heavy atom. The van der Waals surface area contributed by atoms with E-state index >= 15 is 0 Å². The van der Waals surface area contributed by atoms with Crippen LogP contribution in [-0.2, 0) is 6.42 Å². The smallest absolute Gasteiger partial charge is 0.319 e. The van der Waals surface area contributed by atoms with Gasteiger partial charge < -0.3 is 21.7 Å². The van der Waals surface area contributed by atoms with E-state index in [0.717, 1.165) is 24.0 Å². The maximum Gasteiger partial charge on any atom is 0.319 e. The molecule has 0 heterocycles. The average molecular weight is 404 g/mol. The van der Waals surface area contributed by atoms with Crippen molar-refractivity contribution in [1.29, 1.82) is 0 Å². The van der Waals surface area contributed by atoms with Crippen molar-refractivity contribution in [3.63, 3.8) is 0 Å². The summed E-state index contributed by atoms with van der Waals surface area (Å²) in [6, 6.07) is 17.6. The summed E-state index contributed by atoms with van der Waals surface area (Å²) in [6.45, 7) is 0. The molecule has 0 bridgehead atoms. The number of anilines is 3. The summed E-state index contributed by atoms with van der Waals surface area (Å²) in [5.74, 6) is -0.596. The first kappa shape index (κ1) is 19.4. The summed E-state index contributed by atoms with van der Waals surface area (Å²) in [6.07, 6.45) is 1.49. The number of nitrogen functional groups attached to an aromatic ring is 1. The molecular formula is C23H21FN4O2. The van der Waals surface area contributed by atoms with Crippen LogP contribution in [0.2, 0.25) is 0 Å². The fourth-order valence-corrected chi connectivity index (χ4v) is 3.57. The summed E-state index contributed by atoms with van der Waals surface area (Å²) in [5.41, 5.74) is 10.0. The van der Waals surface area contributed by atoms with Crippen LogP contribution in [0.25, 0.3) is 0 Å². The van der Waals surface area contributed by atoms with Crippen molar-refractivity contribution in [3.05, 3.63) is 89.2 Å². The summed E-state index contributed by atoms with van der Waals surface area (Å²) >= 11 is 0. The highest BCUT2D eigenvalue weighted by Gasteiger charge is 2.25. The highest BCUT2D eigenvalue weighted by Crippen LogP contribution is 2.32. The third-order valence-corrected chi connectivity index (χ3v) is 5.10. The number of hydrogen-bond acceptors (Lipinski definition) is 3. The lowest BCUT2D eigenvalue weighted by Crippen LogP contribution is -2.31. The van der Waals surface area contributed by atoms with Gasteiger partial charge >= 0.3 is 6.03 Å². The molecule has 0 saturated heterocycles. The van der Waals surface area contributed by atoms with Gasteiger partial charge in [-0.3, -0.25) is 4.79 Å². The summed E-state index contributed by atoms with van der Waals surface area (Å²) in [7, 11) is 0. The molecule has 4 rings (SSSR count). The Morgan fingerprint density at radius 1 is 0.967 bits per heavy atom. The molecular weight excluding hydrogens is 383 g/mol. The molecule has 3 aromatic rings. The Balaban J connectivity index is 1.41. The van der Waals surface area contributed by atoms with Gasteiger partial charge in [0.05, 0.1) is 17.4 Å². The van der Waals surface area contributed by atoms with Crippen molar-refractivity contribution < 1.29 is 14.0 Å². The zero-order chi connectivity index (χ0) is 21.1. The molecule has 5 N–H and O–H groups in total. The molecule has 0 aromatic heterocycles. The molecule has 152 valence electrons. The molecule has 0 aliphatic heterocycles. The lowest BCUT2D eigenvalue weighted by Gasteiger charge is -2.15. The van der Waals surface area contributed by atoms with Gasteiger partial charge in [-0.15, -0.1) is 0 Å². The van der Waals surface area contributed by atoms with Gasteiger partial charge in [0.1, 0.15) is 5.82 Å². The van der Waals surface area contributed by atoms with Gasteiger partial charge in [0.2, 0.25) is 0 Å². The second kappa shape index (κ2) is 8.24. The number of para-hydroxylation sites is 2. The fraction of sp³-hybridized carbons (Fsp3) is 0.130. The fourth-order valence-electron chi connectivity index (χ4n) is 3.57. The van der Waals surface area contributed by atoms with E-state index in [1.807, 2.05) is 18.2 Å². The van der Waals surface area contributed by atoms with Crippen LogP contribution in [0.15, 0.2) is 66.7 Å². The quantitative estimate of drug-likeness (QED) is 0.483. The molecule has 1 unspecified atom stereocenters. The average Bonchev–Trinajstić information content (AvgIpc) is 3.13. The van der Waals surface area contributed by atoms with Crippen molar-refractivity contribution in [3.8, 4) is 0 Å². The highest BCUT2D eigenvalue weighted by atomic mass is 19.1. The van der Waals surface area contributed by atoms with Crippen LogP contribution in [0, 0.1) is 5.82 Å². The Bertz CT molecular complexity index is 1100. The van der Waals surface area contributed by atoms with Crippen LogP contribution in [0.4, 0.5) is 26.2 Å². The Morgan fingerprint density at radius 2 is 1.73 bits per heavy atom. The predicted molar refractivity (Wildman–Crippen MR) is 115 cm³/mol. The van der Waals surface area contributed by atoms with Crippen LogP contribution in [0.1, 0.15) is 33.9 Å². The number of carbonyl (C=O) groups excluding carboxylic acids is 2. The number of nitrogens with one attached hydrogen (secondary N) is 3. The molecule has 3 amide bonds. The molecule has 0 saturated carbocycles. The topological polar surface area (TPSA) is 96.2 Å². The zero-order valence-corrected chi connectivity index (χ0v) is 16.1. The molecule has 0 radical (unpaired) electrons. The summed E-state index contributed by atoms with van der Waals surface area (Å²) in [4.78, 5) is 24.9. The number of rotatable bonds is 4. The van der Waals surface area contributed by atoms with E-state index in [4.69, 9.17) is 5.73 Å². The second-order valence-electron chi connectivity index (χ2n) is 7.15. The number of halogens is 1. The first-order valence-corrected chi connectivity index (χ1v) is 9.61. The third kappa shape index (κ3) is 4.25. The Hall–Kier alpha value is -3.87. The number of fused-ring (bicyclic) bond motifs is 1. The number of hydrogen-bond donors (Lipinski definition) is 4. The minimum atomic E-state index is -0.361. The van der Waals surface area contributed by atoms with Crippen LogP contribution in [0.5, 0.6) is 0 Å². The predicted octanol–water partition coefficient (Wildman–Crippen LogP) is 4.47. The van der Waals surface area contributed by atoms with Crippen molar-refractivity contribution in [2.24, 2.45) is 0 Å². The lowest BCUT2D eigenvalue weighted by molar-refractivity contribution is 0.102. The minimum absolute atomic E-state index is 0.151. The highest BCUT2D eigenvalue weighted by molar-refractivity contribution is 6.05. The normalized spacial score (nSPS) is 14.6. The number of urea groups is 1. The van der Waals surface area contributed by atoms with Crippen LogP contribution < -0.4 is 21.7 Å². The third-order valence-electron chi connectivity index (χ3n) is 5.10. The van der Waals surface area contributed by atoms with Crippen molar-refractivity contribution in [2.75, 3.05) is 16.4 Å². The van der Waals surface area contributed by atoms with E-state index < -0.39 is 0 Å². The van der Waals surface area contributed by atoms with Crippen molar-refractivity contribution >= 4 is 29.0 Å². The number of carbonyl (C=O) groups is 2. The van der Waals surface area contributed by atoms with Crippen LogP contribution >= 0.6 is 0 Å². The number of nitrogens with two attached hydrogens (primary N) is 1. The van der Waals surface area contributed by atoms with E-state index in [-0.39, 0.29) is 23.8 Å². The molecule has 6 nitrogen and oxygen atoms in total. The molecule has 0 fully saturated rings. The standard InChI is InChI=1S/C23H21FN4O2/c24-16-7-9-17(10-8-16)26-23(30)28-20-12-6-14-13-15(5-11-18(14)20)22(29)27-21-4-2-1-3-19(21)25/h1-5,7-11,13,20H,6,12,25H2,(H,27,29)(H2,26,28,30). The van der Waals surface area contributed by atoms with Gasteiger partial charge in [0.25, 0.3) is 5.91 Å². The van der Waals surface area contributed by atoms with E-state index in [1.54, 1.807) is 24.3 Å². The second-order valence-corrected chi connectivity index (χ2v) is 7.15. The minimum Gasteiger partial charge on any atom is -0.397 e. The van der Waals surface area contributed by atoms with Gasteiger partial charge in [0, 0.05) is 11.3 Å². The molecule has 3 aromatic carbocycles. The van der Waals surface area contributed by atoms with E-state index in [2.05, 4.69) is 16.0 Å². The van der Waals surface area contributed by atoms with Crippen molar-refractivity contribution in [1.82, 2.24) is 5.32 Å². The summed E-state index contributed by atoms with van der Waals surface area (Å²) in [5, 5.41) is 8.45. The van der Waals surface area contributed by atoms with Gasteiger partial charge in [-0.1, -0.05) is 18.2 Å². The lowest BCUT2D eigenvalue weighted by atomic mass is 10.0. The molecule has 1 aliphatic rings. The molecule has 7 heteroatoms. The van der Waals surface area contributed by atoms with Gasteiger partial charge in [-0.25, -0.2) is 9.18 Å². The summed E-state index contributed by atoms with van der Waals surface area (Å²) < 4.78 is 13.0. The van der Waals surface area contributed by atoms with E-state index in [0.29, 0.717) is 22.6 Å². The van der Waals surface area contributed by atoms with Gasteiger partial charge in [0.15, 0.2) is 0 Å². The number of amides is 3. The SMILES string of the molecule is Nc1ccccc1NC(=O)c1ccc2c(c1)CCC2NC(=O)Nc1ccc(F)cc1. The van der Waals surface area contributed by atoms with Crippen LogP contribution in [-0.4, -0.2) is 11.9 Å². The number of aryl methyl sites for hydroxylation is 1. The zero-order valence-electron chi connectivity index (χ0n) is 16.1. The van der Waals surface area contributed by atoms with Gasteiger partial charge in [-0.2, -0.15) is 0 Å². The molecule has 1 aliphatic carbocycles. The maximum atomic E-state index is 13.0. The molecule has 0 spiro atoms. The molecule has 1 atom stereocenters. The van der Waals surface area contributed by atoms with E-state index in [1.165, 1.54) is 24.3 Å². The Kier molecular flexibility index (Phi) is 5.34. The van der Waals surface area contributed by atoms with Crippen molar-refractivity contribution in [2.45, 2.75) is 18.9 Å². The maximum absolute atomic E-state index is 13.0. The first-order chi connectivity index (χ1) is 14.5. The number of benzene rings is 3. The van der Waals surface area contributed by atoms with Crippen LogP contribution in [0.3, 0.4) is 0 Å². The Labute approximate surface area is 173 Å². The largest absolute Gasteiger partial charge is 0.397 e. The monoisotopic (exact) mass is 404 g/mol. The van der Waals surface area contributed by atoms with Gasteiger partial charge in [-0.05, 0) is 72.5 Å². The molecule has 30 heavy (non-hydrogen) atoms. The first-order valence-electron chi connectivity index (χ1n) is 9.61. The van der Waals surface area contributed by atoms with E-state index in [9.17, 15) is 14.0 Å².